The first-order chi connectivity index (χ1) is 10.6. The number of fused-ring (bicyclic) bond motifs is 1. The van der Waals surface area contributed by atoms with Crippen molar-refractivity contribution in [3.05, 3.63) is 63.4 Å². The number of hydrogen-bond acceptors (Lipinski definition) is 5. The van der Waals surface area contributed by atoms with E-state index in [9.17, 15) is 9.59 Å². The Labute approximate surface area is 129 Å². The molecular formula is C15H11ClN2O4. The highest BCUT2D eigenvalue weighted by Gasteiger charge is 2.14. The normalized spacial score (nSPS) is 10.8. The highest BCUT2D eigenvalue weighted by molar-refractivity contribution is 6.34. The SMILES string of the molecule is O=C(OCCc1ccc2c(Cl)nccc2c1)c1c[nH]oc1=O. The number of carbonyl (C=O) groups is 1. The zero-order valence-corrected chi connectivity index (χ0v) is 12.1. The molecule has 2 aromatic heterocycles. The van der Waals surface area contributed by atoms with Crippen molar-refractivity contribution in [2.45, 2.75) is 6.42 Å². The highest BCUT2D eigenvalue weighted by Crippen LogP contribution is 2.22. The lowest BCUT2D eigenvalue weighted by Crippen LogP contribution is -2.14. The van der Waals surface area contributed by atoms with Crippen molar-refractivity contribution in [2.75, 3.05) is 6.61 Å². The third-order valence-corrected chi connectivity index (χ3v) is 3.50. The lowest BCUT2D eigenvalue weighted by atomic mass is 10.1. The number of ether oxygens (including phenoxy) is 1. The molecule has 0 fully saturated rings. The molecule has 0 aliphatic carbocycles. The molecule has 0 bridgehead atoms. The largest absolute Gasteiger partial charge is 0.462 e. The monoisotopic (exact) mass is 318 g/mol. The van der Waals surface area contributed by atoms with Gasteiger partial charge in [-0.05, 0) is 17.0 Å². The van der Waals surface area contributed by atoms with Crippen LogP contribution in [0.4, 0.5) is 0 Å². The Morgan fingerprint density at radius 2 is 2.23 bits per heavy atom. The third-order valence-electron chi connectivity index (χ3n) is 3.20. The van der Waals surface area contributed by atoms with E-state index in [4.69, 9.17) is 16.3 Å². The van der Waals surface area contributed by atoms with E-state index in [0.29, 0.717) is 11.6 Å². The molecule has 3 rings (SSSR count). The van der Waals surface area contributed by atoms with E-state index in [-0.39, 0.29) is 12.2 Å². The summed E-state index contributed by atoms with van der Waals surface area (Å²) in [4.78, 5) is 26.8. The fraction of sp³-hybridized carbons (Fsp3) is 0.133. The van der Waals surface area contributed by atoms with Crippen LogP contribution in [0.5, 0.6) is 0 Å². The van der Waals surface area contributed by atoms with Gasteiger partial charge in [-0.2, -0.15) is 0 Å². The summed E-state index contributed by atoms with van der Waals surface area (Å²) in [5, 5.41) is 4.50. The molecule has 0 saturated carbocycles. The predicted octanol–water partition coefficient (Wildman–Crippen LogP) is 2.57. The van der Waals surface area contributed by atoms with E-state index < -0.39 is 11.6 Å². The van der Waals surface area contributed by atoms with Crippen LogP contribution in [-0.4, -0.2) is 22.7 Å². The van der Waals surface area contributed by atoms with Crippen LogP contribution in [0.15, 0.2) is 46.0 Å². The summed E-state index contributed by atoms with van der Waals surface area (Å²) in [5.41, 5.74) is 0.109. The molecule has 0 amide bonds. The molecule has 3 aromatic rings. The van der Waals surface area contributed by atoms with Gasteiger partial charge in [0.25, 0.3) is 0 Å². The van der Waals surface area contributed by atoms with Gasteiger partial charge in [0, 0.05) is 18.0 Å². The number of aromatic amines is 1. The fourth-order valence-electron chi connectivity index (χ4n) is 2.08. The van der Waals surface area contributed by atoms with Gasteiger partial charge in [-0.1, -0.05) is 29.8 Å². The molecule has 0 unspecified atom stereocenters. The number of hydrogen-bond donors (Lipinski definition) is 1. The van der Waals surface area contributed by atoms with Crippen LogP contribution in [0.25, 0.3) is 10.8 Å². The molecule has 22 heavy (non-hydrogen) atoms. The average molecular weight is 319 g/mol. The maximum absolute atomic E-state index is 11.6. The van der Waals surface area contributed by atoms with Crippen LogP contribution >= 0.6 is 11.6 Å². The molecular weight excluding hydrogens is 308 g/mol. The minimum atomic E-state index is -0.738. The summed E-state index contributed by atoms with van der Waals surface area (Å²) in [7, 11) is 0. The van der Waals surface area contributed by atoms with Crippen LogP contribution in [-0.2, 0) is 11.2 Å². The minimum Gasteiger partial charge on any atom is -0.462 e. The zero-order chi connectivity index (χ0) is 15.5. The molecule has 0 radical (unpaired) electrons. The molecule has 0 aliphatic heterocycles. The second-order valence-corrected chi connectivity index (χ2v) is 4.97. The lowest BCUT2D eigenvalue weighted by Gasteiger charge is -2.05. The second-order valence-electron chi connectivity index (χ2n) is 4.61. The Balaban J connectivity index is 1.66. The zero-order valence-electron chi connectivity index (χ0n) is 11.3. The molecule has 7 heteroatoms. The number of pyridine rings is 1. The van der Waals surface area contributed by atoms with Crippen molar-refractivity contribution in [3.8, 4) is 0 Å². The Hall–Kier alpha value is -2.60. The standard InChI is InChI=1S/C15H11ClN2O4/c16-13-11-2-1-9(7-10(11)3-5-17-13)4-6-21-14(19)12-8-18-22-15(12)20/h1-3,5,7-8,18H,4,6H2. The van der Waals surface area contributed by atoms with Crippen molar-refractivity contribution in [1.82, 2.24) is 10.1 Å². The number of carbonyl (C=O) groups excluding carboxylic acids is 1. The molecule has 0 saturated heterocycles. The number of benzene rings is 1. The number of nitrogens with one attached hydrogen (secondary N) is 1. The van der Waals surface area contributed by atoms with Crippen molar-refractivity contribution < 1.29 is 14.1 Å². The van der Waals surface area contributed by atoms with Crippen molar-refractivity contribution >= 4 is 28.3 Å². The number of esters is 1. The highest BCUT2D eigenvalue weighted by atomic mass is 35.5. The smallest absolute Gasteiger partial charge is 0.371 e. The molecule has 2 heterocycles. The Morgan fingerprint density at radius 3 is 3.00 bits per heavy atom. The van der Waals surface area contributed by atoms with E-state index in [2.05, 4.69) is 14.7 Å². The number of halogens is 1. The molecule has 0 aliphatic rings. The van der Waals surface area contributed by atoms with Gasteiger partial charge in [0.2, 0.25) is 0 Å². The first kappa shape index (κ1) is 14.3. The lowest BCUT2D eigenvalue weighted by molar-refractivity contribution is 0.0506. The summed E-state index contributed by atoms with van der Waals surface area (Å²) in [6, 6.07) is 7.60. The summed E-state index contributed by atoms with van der Waals surface area (Å²) in [5.74, 6) is -0.706. The van der Waals surface area contributed by atoms with Gasteiger partial charge in [-0.25, -0.2) is 19.7 Å². The van der Waals surface area contributed by atoms with E-state index >= 15 is 0 Å². The van der Waals surface area contributed by atoms with Gasteiger partial charge < -0.3 is 9.26 Å². The average Bonchev–Trinajstić information content (AvgIpc) is 2.93. The topological polar surface area (TPSA) is 85.2 Å². The van der Waals surface area contributed by atoms with Gasteiger partial charge in [0.15, 0.2) is 5.56 Å². The second kappa shape index (κ2) is 6.03. The Kier molecular flexibility index (Phi) is 3.93. The summed E-state index contributed by atoms with van der Waals surface area (Å²) in [6.45, 7) is 0.160. The molecule has 0 atom stereocenters. The van der Waals surface area contributed by atoms with E-state index in [1.165, 1.54) is 6.20 Å². The Bertz CT molecular complexity index is 884. The van der Waals surface area contributed by atoms with Crippen molar-refractivity contribution in [1.29, 1.82) is 0 Å². The van der Waals surface area contributed by atoms with Gasteiger partial charge in [0.05, 0.1) is 12.8 Å². The Morgan fingerprint density at radius 1 is 1.36 bits per heavy atom. The van der Waals surface area contributed by atoms with Crippen LogP contribution < -0.4 is 5.63 Å². The first-order valence-corrected chi connectivity index (χ1v) is 6.90. The molecule has 112 valence electrons. The summed E-state index contributed by atoms with van der Waals surface area (Å²) < 4.78 is 9.46. The minimum absolute atomic E-state index is 0.142. The third kappa shape index (κ3) is 2.87. The summed E-state index contributed by atoms with van der Waals surface area (Å²) in [6.07, 6.45) is 3.34. The van der Waals surface area contributed by atoms with Crippen molar-refractivity contribution in [2.24, 2.45) is 0 Å². The van der Waals surface area contributed by atoms with E-state index in [1.54, 1.807) is 6.20 Å². The molecule has 6 nitrogen and oxygen atoms in total. The van der Waals surface area contributed by atoms with Crippen LogP contribution in [0.2, 0.25) is 5.15 Å². The number of nitrogens with zero attached hydrogens (tertiary/aromatic N) is 1. The van der Waals surface area contributed by atoms with Gasteiger partial charge in [-0.15, -0.1) is 0 Å². The quantitative estimate of drug-likeness (QED) is 0.590. The summed E-state index contributed by atoms with van der Waals surface area (Å²) >= 11 is 6.01. The van der Waals surface area contributed by atoms with Gasteiger partial charge in [0.1, 0.15) is 5.15 Å². The molecule has 1 N–H and O–H groups in total. The number of aromatic nitrogens is 2. The van der Waals surface area contributed by atoms with Crippen LogP contribution in [0.1, 0.15) is 15.9 Å². The number of rotatable bonds is 4. The molecule has 1 aromatic carbocycles. The van der Waals surface area contributed by atoms with Gasteiger partial charge >= 0.3 is 11.6 Å². The predicted molar refractivity (Wildman–Crippen MR) is 80.1 cm³/mol. The van der Waals surface area contributed by atoms with Gasteiger partial charge in [-0.3, -0.25) is 0 Å². The molecule has 0 spiro atoms. The maximum atomic E-state index is 11.6. The van der Waals surface area contributed by atoms with E-state index in [1.807, 2.05) is 24.3 Å². The van der Waals surface area contributed by atoms with Crippen LogP contribution in [0, 0.1) is 0 Å². The fourth-order valence-corrected chi connectivity index (χ4v) is 2.31. The van der Waals surface area contributed by atoms with Crippen molar-refractivity contribution in [3.63, 3.8) is 0 Å². The van der Waals surface area contributed by atoms with E-state index in [0.717, 1.165) is 16.3 Å². The first-order valence-electron chi connectivity index (χ1n) is 6.52. The number of H-pyrrole nitrogens is 1. The maximum Gasteiger partial charge on any atom is 0.371 e. The van der Waals surface area contributed by atoms with Crippen LogP contribution in [0.3, 0.4) is 0 Å².